The van der Waals surface area contributed by atoms with Gasteiger partial charge in [0.05, 0.1) is 17.9 Å². The lowest BCUT2D eigenvalue weighted by Crippen LogP contribution is -2.35. The molecule has 1 aromatic heterocycles. The Balaban J connectivity index is 2.91. The molecule has 0 spiro atoms. The van der Waals surface area contributed by atoms with E-state index in [0.717, 1.165) is 0 Å². The van der Waals surface area contributed by atoms with Crippen LogP contribution in [0.4, 0.5) is 0 Å². The molecule has 0 radical (unpaired) electrons. The average molecular weight is 252 g/mol. The number of carbonyl (C=O) groups excluding carboxylic acids is 1. The van der Waals surface area contributed by atoms with E-state index in [4.69, 9.17) is 10.9 Å². The fraction of sp³-hybridized carbons (Fsp3) is 0.500. The maximum Gasteiger partial charge on any atom is 0.267 e. The van der Waals surface area contributed by atoms with Gasteiger partial charge in [0.15, 0.2) is 0 Å². The highest BCUT2D eigenvalue weighted by atomic mass is 16.3. The summed E-state index contributed by atoms with van der Waals surface area (Å²) in [5.74, 6) is 4.79. The Morgan fingerprint density at radius 2 is 2.33 bits per heavy atom. The van der Waals surface area contributed by atoms with Crippen LogP contribution in [0.1, 0.15) is 29.9 Å². The van der Waals surface area contributed by atoms with E-state index in [1.54, 1.807) is 18.3 Å². The minimum absolute atomic E-state index is 0.0728. The topological polar surface area (TPSA) is 91.5 Å². The second-order valence-electron chi connectivity index (χ2n) is 4.26. The normalized spacial score (nSPS) is 11.0. The summed E-state index contributed by atoms with van der Waals surface area (Å²) in [5.41, 5.74) is 3.23. The second-order valence-corrected chi connectivity index (χ2v) is 4.26. The van der Waals surface area contributed by atoms with Crippen LogP contribution in [0.25, 0.3) is 0 Å². The molecule has 0 aliphatic heterocycles. The molecule has 1 rings (SSSR count). The fourth-order valence-corrected chi connectivity index (χ4v) is 1.69. The molecule has 0 saturated heterocycles. The number of amides is 1. The predicted molar refractivity (Wildman–Crippen MR) is 68.5 cm³/mol. The SMILES string of the molecule is CC(C)N(CCO)Cc1ncccc1C(=O)NN. The van der Waals surface area contributed by atoms with Gasteiger partial charge in [-0.15, -0.1) is 0 Å². The minimum atomic E-state index is -0.356. The summed E-state index contributed by atoms with van der Waals surface area (Å²) in [7, 11) is 0. The van der Waals surface area contributed by atoms with Crippen molar-refractivity contribution in [2.45, 2.75) is 26.4 Å². The van der Waals surface area contributed by atoms with E-state index < -0.39 is 0 Å². The Bertz CT molecular complexity index is 395. The molecule has 1 heterocycles. The van der Waals surface area contributed by atoms with Gasteiger partial charge in [-0.3, -0.25) is 20.1 Å². The van der Waals surface area contributed by atoms with Crippen molar-refractivity contribution >= 4 is 5.91 Å². The van der Waals surface area contributed by atoms with Crippen molar-refractivity contribution in [2.24, 2.45) is 5.84 Å². The molecule has 0 saturated carbocycles. The number of hydrogen-bond donors (Lipinski definition) is 3. The number of hydrogen-bond acceptors (Lipinski definition) is 5. The number of aromatic nitrogens is 1. The molecule has 0 aliphatic carbocycles. The zero-order valence-electron chi connectivity index (χ0n) is 10.8. The van der Waals surface area contributed by atoms with Crippen LogP contribution < -0.4 is 11.3 Å². The molecule has 1 aromatic rings. The van der Waals surface area contributed by atoms with E-state index in [-0.39, 0.29) is 18.6 Å². The standard InChI is InChI=1S/C12H20N4O2/c1-9(2)16(6-7-17)8-11-10(12(18)15-13)4-3-5-14-11/h3-5,9,17H,6-8,13H2,1-2H3,(H,15,18). The maximum atomic E-state index is 11.6. The van der Waals surface area contributed by atoms with Crippen LogP contribution in [0.3, 0.4) is 0 Å². The summed E-state index contributed by atoms with van der Waals surface area (Å²) >= 11 is 0. The first-order chi connectivity index (χ1) is 8.60. The molecular weight excluding hydrogens is 232 g/mol. The number of hydrazine groups is 1. The zero-order chi connectivity index (χ0) is 13.5. The summed E-state index contributed by atoms with van der Waals surface area (Å²) in [6, 6.07) is 3.63. The first-order valence-electron chi connectivity index (χ1n) is 5.90. The van der Waals surface area contributed by atoms with E-state index in [1.165, 1.54) is 0 Å². The highest BCUT2D eigenvalue weighted by Crippen LogP contribution is 2.10. The Kier molecular flexibility index (Phi) is 5.70. The molecule has 4 N–H and O–H groups in total. The molecule has 0 atom stereocenters. The lowest BCUT2D eigenvalue weighted by Gasteiger charge is -2.25. The molecule has 0 fully saturated rings. The second kappa shape index (κ2) is 7.05. The molecule has 6 nitrogen and oxygen atoms in total. The summed E-state index contributed by atoms with van der Waals surface area (Å²) in [4.78, 5) is 17.8. The van der Waals surface area contributed by atoms with Gasteiger partial charge in [0, 0.05) is 25.3 Å². The van der Waals surface area contributed by atoms with E-state index in [1.807, 2.05) is 18.7 Å². The quantitative estimate of drug-likeness (QED) is 0.373. The number of pyridine rings is 1. The lowest BCUT2D eigenvalue weighted by atomic mass is 10.1. The van der Waals surface area contributed by atoms with Crippen LogP contribution in [-0.2, 0) is 6.54 Å². The van der Waals surface area contributed by atoms with Crippen molar-refractivity contribution in [1.29, 1.82) is 0 Å². The molecule has 0 unspecified atom stereocenters. The number of nitrogen functional groups attached to an aromatic ring is 1. The molecule has 0 bridgehead atoms. The molecule has 100 valence electrons. The van der Waals surface area contributed by atoms with Crippen LogP contribution in [0, 0.1) is 0 Å². The number of aliphatic hydroxyl groups is 1. The monoisotopic (exact) mass is 252 g/mol. The molecule has 0 aliphatic rings. The highest BCUT2D eigenvalue weighted by molar-refractivity contribution is 5.94. The Morgan fingerprint density at radius 1 is 1.61 bits per heavy atom. The minimum Gasteiger partial charge on any atom is -0.395 e. The summed E-state index contributed by atoms with van der Waals surface area (Å²) in [6.07, 6.45) is 1.64. The van der Waals surface area contributed by atoms with Gasteiger partial charge < -0.3 is 5.11 Å². The third-order valence-corrected chi connectivity index (χ3v) is 2.74. The number of nitrogens with one attached hydrogen (secondary N) is 1. The predicted octanol–water partition coefficient (Wildman–Crippen LogP) is -0.112. The highest BCUT2D eigenvalue weighted by Gasteiger charge is 2.16. The Labute approximate surface area is 107 Å². The van der Waals surface area contributed by atoms with Gasteiger partial charge in [0.1, 0.15) is 0 Å². The molecule has 18 heavy (non-hydrogen) atoms. The fourth-order valence-electron chi connectivity index (χ4n) is 1.69. The molecule has 0 aromatic carbocycles. The van der Waals surface area contributed by atoms with Crippen LogP contribution in [0.15, 0.2) is 18.3 Å². The summed E-state index contributed by atoms with van der Waals surface area (Å²) in [5, 5.41) is 9.03. The summed E-state index contributed by atoms with van der Waals surface area (Å²) < 4.78 is 0. The van der Waals surface area contributed by atoms with E-state index >= 15 is 0 Å². The van der Waals surface area contributed by atoms with Crippen molar-refractivity contribution in [1.82, 2.24) is 15.3 Å². The average Bonchev–Trinajstić information content (AvgIpc) is 2.37. The van der Waals surface area contributed by atoms with Gasteiger partial charge in [-0.2, -0.15) is 0 Å². The third kappa shape index (κ3) is 3.76. The van der Waals surface area contributed by atoms with Crippen LogP contribution in [0.5, 0.6) is 0 Å². The largest absolute Gasteiger partial charge is 0.395 e. The van der Waals surface area contributed by atoms with Gasteiger partial charge in [-0.1, -0.05) is 0 Å². The third-order valence-electron chi connectivity index (χ3n) is 2.74. The Hall–Kier alpha value is -1.50. The smallest absolute Gasteiger partial charge is 0.267 e. The van der Waals surface area contributed by atoms with E-state index in [2.05, 4.69) is 10.4 Å². The first-order valence-corrected chi connectivity index (χ1v) is 5.90. The van der Waals surface area contributed by atoms with Gasteiger partial charge >= 0.3 is 0 Å². The number of nitrogens with zero attached hydrogens (tertiary/aromatic N) is 2. The lowest BCUT2D eigenvalue weighted by molar-refractivity contribution is 0.0949. The van der Waals surface area contributed by atoms with Crippen molar-refractivity contribution in [2.75, 3.05) is 13.2 Å². The van der Waals surface area contributed by atoms with Crippen molar-refractivity contribution < 1.29 is 9.90 Å². The number of rotatable bonds is 6. The maximum absolute atomic E-state index is 11.6. The molecular formula is C12H20N4O2. The molecule has 1 amide bonds. The summed E-state index contributed by atoms with van der Waals surface area (Å²) in [6.45, 7) is 5.17. The molecule has 6 heteroatoms. The van der Waals surface area contributed by atoms with Crippen LogP contribution in [-0.4, -0.2) is 40.1 Å². The van der Waals surface area contributed by atoms with E-state index in [9.17, 15) is 4.79 Å². The van der Waals surface area contributed by atoms with Gasteiger partial charge in [-0.25, -0.2) is 5.84 Å². The first kappa shape index (κ1) is 14.6. The van der Waals surface area contributed by atoms with Crippen molar-refractivity contribution in [3.63, 3.8) is 0 Å². The van der Waals surface area contributed by atoms with Gasteiger partial charge in [-0.05, 0) is 26.0 Å². The zero-order valence-corrected chi connectivity index (χ0v) is 10.8. The van der Waals surface area contributed by atoms with Crippen molar-refractivity contribution in [3.8, 4) is 0 Å². The van der Waals surface area contributed by atoms with Crippen LogP contribution in [0.2, 0.25) is 0 Å². The Morgan fingerprint density at radius 3 is 2.89 bits per heavy atom. The number of nitrogens with two attached hydrogens (primary N) is 1. The number of carbonyl (C=O) groups is 1. The van der Waals surface area contributed by atoms with Crippen LogP contribution >= 0.6 is 0 Å². The van der Waals surface area contributed by atoms with Gasteiger partial charge in [0.2, 0.25) is 0 Å². The van der Waals surface area contributed by atoms with Gasteiger partial charge in [0.25, 0.3) is 5.91 Å². The van der Waals surface area contributed by atoms with E-state index in [0.29, 0.717) is 24.3 Å². The van der Waals surface area contributed by atoms with Crippen molar-refractivity contribution in [3.05, 3.63) is 29.6 Å². The number of aliphatic hydroxyl groups excluding tert-OH is 1.